The number of thiophene rings is 1. The number of rotatable bonds is 1. The molecule has 1 nitrogen and oxygen atoms in total. The molecule has 2 heteroatoms. The van der Waals surface area contributed by atoms with Crippen LogP contribution in [-0.4, -0.2) is 4.98 Å². The van der Waals surface area contributed by atoms with Crippen molar-refractivity contribution in [3.63, 3.8) is 0 Å². The molecule has 140 valence electrons. The van der Waals surface area contributed by atoms with Gasteiger partial charge in [-0.15, -0.1) is 11.3 Å². The monoisotopic (exact) mass is 399 g/mol. The van der Waals surface area contributed by atoms with Crippen LogP contribution < -0.4 is 0 Å². The van der Waals surface area contributed by atoms with E-state index >= 15 is 0 Å². The van der Waals surface area contributed by atoms with E-state index in [-0.39, 0.29) is 0 Å². The van der Waals surface area contributed by atoms with Crippen LogP contribution in [0.1, 0.15) is 11.1 Å². The summed E-state index contributed by atoms with van der Waals surface area (Å²) >= 11 is 1.94. The van der Waals surface area contributed by atoms with Gasteiger partial charge in [0.05, 0.1) is 5.69 Å². The Morgan fingerprint density at radius 3 is 2.40 bits per heavy atom. The van der Waals surface area contributed by atoms with Gasteiger partial charge in [-0.1, -0.05) is 60.7 Å². The molecule has 0 bridgehead atoms. The molecule has 2 heterocycles. The summed E-state index contributed by atoms with van der Waals surface area (Å²) < 4.78 is 2.82. The molecule has 0 atom stereocenters. The van der Waals surface area contributed by atoms with Crippen LogP contribution >= 0.6 is 11.3 Å². The molecule has 0 radical (unpaired) electrons. The molecule has 7 rings (SSSR count). The SMILES string of the molecule is c1ccc(-c2ccc3c(c2)Cc2c-3c3ccccc3c3c2sc2ccccc23)nc1. The number of hydrogen-bond acceptors (Lipinski definition) is 2. The van der Waals surface area contributed by atoms with Gasteiger partial charge in [-0.3, -0.25) is 4.98 Å². The standard InChI is InChI=1S/C28H17NS/c1-2-8-21-20(7-1)26-19-13-12-17(24-10-5-6-14-29-24)15-18(19)16-23(26)28-27(21)22-9-3-4-11-25(22)30-28/h1-15H,16H2. The number of hydrogen-bond donors (Lipinski definition) is 0. The van der Waals surface area contributed by atoms with Crippen LogP contribution in [0, 0.1) is 0 Å². The van der Waals surface area contributed by atoms with E-state index in [1.807, 2.05) is 23.6 Å². The molecule has 0 fully saturated rings. The highest BCUT2D eigenvalue weighted by Gasteiger charge is 2.26. The third kappa shape index (κ3) is 2.14. The summed E-state index contributed by atoms with van der Waals surface area (Å²) in [5.74, 6) is 0. The van der Waals surface area contributed by atoms with Gasteiger partial charge >= 0.3 is 0 Å². The molecule has 30 heavy (non-hydrogen) atoms. The Bertz CT molecular complexity index is 1610. The Morgan fingerprint density at radius 1 is 0.733 bits per heavy atom. The van der Waals surface area contributed by atoms with Crippen LogP contribution in [0.2, 0.25) is 0 Å². The van der Waals surface area contributed by atoms with Crippen molar-refractivity contribution in [2.24, 2.45) is 0 Å². The van der Waals surface area contributed by atoms with Crippen LogP contribution in [0.15, 0.2) is 91.1 Å². The first-order valence-corrected chi connectivity index (χ1v) is 11.1. The van der Waals surface area contributed by atoms with E-state index in [0.29, 0.717) is 0 Å². The first kappa shape index (κ1) is 16.3. The molecule has 1 aliphatic carbocycles. The van der Waals surface area contributed by atoms with Gasteiger partial charge in [-0.25, -0.2) is 0 Å². The summed E-state index contributed by atoms with van der Waals surface area (Å²) in [7, 11) is 0. The number of nitrogens with zero attached hydrogens (tertiary/aromatic N) is 1. The molecule has 0 aliphatic heterocycles. The Balaban J connectivity index is 1.57. The third-order valence-corrected chi connectivity index (χ3v) is 7.57. The fourth-order valence-electron chi connectivity index (χ4n) is 5.06. The lowest BCUT2D eigenvalue weighted by molar-refractivity contribution is 1.28. The van der Waals surface area contributed by atoms with Crippen LogP contribution in [0.5, 0.6) is 0 Å². The zero-order valence-corrected chi connectivity index (χ0v) is 17.0. The first-order valence-electron chi connectivity index (χ1n) is 10.3. The van der Waals surface area contributed by atoms with Crippen molar-refractivity contribution >= 4 is 42.3 Å². The van der Waals surface area contributed by atoms with E-state index in [9.17, 15) is 0 Å². The van der Waals surface area contributed by atoms with Crippen molar-refractivity contribution in [2.75, 3.05) is 0 Å². The van der Waals surface area contributed by atoms with Gasteiger partial charge < -0.3 is 0 Å². The molecule has 6 aromatic rings. The fraction of sp³-hybridized carbons (Fsp3) is 0.0357. The fourth-order valence-corrected chi connectivity index (χ4v) is 6.33. The zero-order chi connectivity index (χ0) is 19.7. The topological polar surface area (TPSA) is 12.9 Å². The quantitative estimate of drug-likeness (QED) is 0.274. The Labute approximate surface area is 178 Å². The van der Waals surface area contributed by atoms with Gasteiger partial charge in [0.15, 0.2) is 0 Å². The van der Waals surface area contributed by atoms with Gasteiger partial charge in [0.1, 0.15) is 0 Å². The predicted molar refractivity (Wildman–Crippen MR) is 128 cm³/mol. The lowest BCUT2D eigenvalue weighted by Crippen LogP contribution is -1.85. The minimum atomic E-state index is 0.986. The molecule has 4 aromatic carbocycles. The smallest absolute Gasteiger partial charge is 0.0702 e. The minimum absolute atomic E-state index is 0.986. The van der Waals surface area contributed by atoms with Crippen LogP contribution in [0.3, 0.4) is 0 Å². The summed E-state index contributed by atoms with van der Waals surface area (Å²) in [6.07, 6.45) is 2.85. The molecule has 0 unspecified atom stereocenters. The van der Waals surface area contributed by atoms with Gasteiger partial charge in [-0.05, 0) is 57.3 Å². The second kappa shape index (κ2) is 6.01. The van der Waals surface area contributed by atoms with E-state index in [1.165, 1.54) is 58.8 Å². The average molecular weight is 400 g/mol. The highest BCUT2D eigenvalue weighted by Crippen LogP contribution is 2.50. The van der Waals surface area contributed by atoms with E-state index < -0.39 is 0 Å². The van der Waals surface area contributed by atoms with Crippen LogP contribution in [0.25, 0.3) is 53.3 Å². The van der Waals surface area contributed by atoms with Crippen molar-refractivity contribution < 1.29 is 0 Å². The zero-order valence-electron chi connectivity index (χ0n) is 16.2. The Morgan fingerprint density at radius 2 is 1.53 bits per heavy atom. The average Bonchev–Trinajstić information content (AvgIpc) is 3.38. The van der Waals surface area contributed by atoms with Crippen molar-refractivity contribution in [3.8, 4) is 22.4 Å². The van der Waals surface area contributed by atoms with Gasteiger partial charge in [0, 0.05) is 38.4 Å². The van der Waals surface area contributed by atoms with Crippen LogP contribution in [-0.2, 0) is 6.42 Å². The Kier molecular flexibility index (Phi) is 3.27. The van der Waals surface area contributed by atoms with Crippen molar-refractivity contribution in [1.29, 1.82) is 0 Å². The number of aromatic nitrogens is 1. The summed E-state index contributed by atoms with van der Waals surface area (Å²) in [5, 5.41) is 5.53. The third-order valence-electron chi connectivity index (χ3n) is 6.34. The maximum absolute atomic E-state index is 4.55. The molecule has 0 amide bonds. The largest absolute Gasteiger partial charge is 0.256 e. The summed E-state index contributed by atoms with van der Waals surface area (Å²) in [6.45, 7) is 0. The summed E-state index contributed by atoms with van der Waals surface area (Å²) in [6, 6.07) is 30.7. The van der Waals surface area contributed by atoms with Gasteiger partial charge in [0.2, 0.25) is 0 Å². The van der Waals surface area contributed by atoms with E-state index in [4.69, 9.17) is 0 Å². The molecular weight excluding hydrogens is 382 g/mol. The number of benzene rings is 4. The van der Waals surface area contributed by atoms with Gasteiger partial charge in [-0.2, -0.15) is 0 Å². The molecular formula is C28H17NS. The molecule has 1 aliphatic rings. The van der Waals surface area contributed by atoms with Crippen molar-refractivity contribution in [2.45, 2.75) is 6.42 Å². The number of pyridine rings is 1. The maximum atomic E-state index is 4.55. The molecule has 0 saturated heterocycles. The number of fused-ring (bicyclic) bond motifs is 10. The van der Waals surface area contributed by atoms with Crippen molar-refractivity contribution in [1.82, 2.24) is 4.98 Å². The summed E-state index contributed by atoms with van der Waals surface area (Å²) in [5.41, 5.74) is 7.92. The highest BCUT2D eigenvalue weighted by molar-refractivity contribution is 7.26. The van der Waals surface area contributed by atoms with Crippen LogP contribution in [0.4, 0.5) is 0 Å². The maximum Gasteiger partial charge on any atom is 0.0702 e. The second-order valence-electron chi connectivity index (χ2n) is 7.97. The molecule has 2 aromatic heterocycles. The second-order valence-corrected chi connectivity index (χ2v) is 9.02. The Hall–Kier alpha value is -3.49. The van der Waals surface area contributed by atoms with E-state index in [1.54, 1.807) is 0 Å². The van der Waals surface area contributed by atoms with Crippen molar-refractivity contribution in [3.05, 3.63) is 102 Å². The summed E-state index contributed by atoms with van der Waals surface area (Å²) in [4.78, 5) is 4.55. The predicted octanol–water partition coefficient (Wildman–Crippen LogP) is 7.84. The molecule has 0 N–H and O–H groups in total. The minimum Gasteiger partial charge on any atom is -0.256 e. The lowest BCUT2D eigenvalue weighted by Gasteiger charge is -2.10. The van der Waals surface area contributed by atoms with E-state index in [0.717, 1.165) is 12.1 Å². The normalized spacial score (nSPS) is 12.5. The van der Waals surface area contributed by atoms with Gasteiger partial charge in [0.25, 0.3) is 0 Å². The highest BCUT2D eigenvalue weighted by atomic mass is 32.1. The molecule has 0 spiro atoms. The van der Waals surface area contributed by atoms with E-state index in [2.05, 4.69) is 83.8 Å². The first-order chi connectivity index (χ1) is 14.9. The molecule has 0 saturated carbocycles. The lowest BCUT2D eigenvalue weighted by atomic mass is 9.94.